The average molecular weight is 192 g/mol. The summed E-state index contributed by atoms with van der Waals surface area (Å²) in [5.74, 6) is 0. The molecule has 0 atom stereocenters. The Morgan fingerprint density at radius 3 is 1.12 bits per heavy atom. The molecular formula is C2H8CuO4S. The summed E-state index contributed by atoms with van der Waals surface area (Å²) in [4.78, 5) is 0. The van der Waals surface area contributed by atoms with Crippen molar-refractivity contribution in [3.63, 3.8) is 0 Å². The quantitative estimate of drug-likeness (QED) is 0.429. The van der Waals surface area contributed by atoms with E-state index in [1.165, 1.54) is 0 Å². The van der Waals surface area contributed by atoms with Gasteiger partial charge < -0.3 is 0 Å². The second kappa shape index (κ2) is 7.39. The van der Waals surface area contributed by atoms with E-state index in [2.05, 4.69) is 0 Å². The minimum Gasteiger partial charge on any atom is -0.264 e. The molecule has 0 amide bonds. The zero-order valence-corrected chi connectivity index (χ0v) is 6.18. The van der Waals surface area contributed by atoms with Gasteiger partial charge in [-0.3, -0.25) is 9.11 Å². The van der Waals surface area contributed by atoms with Gasteiger partial charge in [0, 0.05) is 17.1 Å². The van der Waals surface area contributed by atoms with E-state index < -0.39 is 10.4 Å². The van der Waals surface area contributed by atoms with Crippen molar-refractivity contribution >= 4 is 10.4 Å². The summed E-state index contributed by atoms with van der Waals surface area (Å²) in [7, 11) is -4.67. The normalized spacial score (nSPS) is 8.00. The SMILES string of the molecule is CC.O=S(=O)(O)O.[Cu]. The van der Waals surface area contributed by atoms with Crippen molar-refractivity contribution in [1.29, 1.82) is 0 Å². The van der Waals surface area contributed by atoms with Gasteiger partial charge in [-0.15, -0.1) is 0 Å². The van der Waals surface area contributed by atoms with E-state index in [0.717, 1.165) is 0 Å². The van der Waals surface area contributed by atoms with E-state index in [9.17, 15) is 0 Å². The summed E-state index contributed by atoms with van der Waals surface area (Å²) in [6.07, 6.45) is 0. The van der Waals surface area contributed by atoms with Gasteiger partial charge in [-0.05, 0) is 0 Å². The Hall–Kier alpha value is 0.389. The molecule has 0 aliphatic rings. The van der Waals surface area contributed by atoms with Crippen molar-refractivity contribution in [2.75, 3.05) is 0 Å². The molecule has 0 aliphatic heterocycles. The van der Waals surface area contributed by atoms with Crippen molar-refractivity contribution in [2.24, 2.45) is 0 Å². The molecule has 0 heterocycles. The number of hydrogen-bond acceptors (Lipinski definition) is 2. The van der Waals surface area contributed by atoms with Crippen LogP contribution in [0.2, 0.25) is 0 Å². The Labute approximate surface area is 59.3 Å². The van der Waals surface area contributed by atoms with Crippen molar-refractivity contribution < 1.29 is 34.6 Å². The third-order valence-corrected chi connectivity index (χ3v) is 0. The van der Waals surface area contributed by atoms with E-state index in [4.69, 9.17) is 17.5 Å². The van der Waals surface area contributed by atoms with Gasteiger partial charge in [0.15, 0.2) is 0 Å². The maximum atomic E-state index is 8.74. The van der Waals surface area contributed by atoms with Gasteiger partial charge in [0.05, 0.1) is 0 Å². The van der Waals surface area contributed by atoms with E-state index in [-0.39, 0.29) is 17.1 Å². The van der Waals surface area contributed by atoms with Gasteiger partial charge >= 0.3 is 10.4 Å². The minimum absolute atomic E-state index is 0. The molecule has 4 nitrogen and oxygen atoms in total. The molecule has 0 aromatic heterocycles. The van der Waals surface area contributed by atoms with Crippen molar-refractivity contribution in [3.8, 4) is 0 Å². The zero-order chi connectivity index (χ0) is 6.50. The Kier molecular flexibility index (Phi) is 14.6. The van der Waals surface area contributed by atoms with E-state index >= 15 is 0 Å². The van der Waals surface area contributed by atoms with Crippen LogP contribution in [-0.2, 0) is 27.5 Å². The predicted molar refractivity (Wildman–Crippen MR) is 25.5 cm³/mol. The summed E-state index contributed by atoms with van der Waals surface area (Å²) < 4.78 is 31.6. The zero-order valence-electron chi connectivity index (χ0n) is 4.42. The molecule has 0 aromatic rings. The van der Waals surface area contributed by atoms with E-state index in [1.54, 1.807) is 0 Å². The molecule has 0 saturated carbocycles. The van der Waals surface area contributed by atoms with Crippen LogP contribution >= 0.6 is 0 Å². The van der Waals surface area contributed by atoms with Crippen LogP contribution in [0, 0.1) is 0 Å². The standard InChI is InChI=1S/C2H6.Cu.H2O4S/c1-2;;1-5(2,3)4/h1-2H3;;(H2,1,2,3,4). The van der Waals surface area contributed by atoms with Gasteiger partial charge in [0.2, 0.25) is 0 Å². The second-order valence-corrected chi connectivity index (χ2v) is 1.34. The summed E-state index contributed by atoms with van der Waals surface area (Å²) in [5.41, 5.74) is 0. The molecule has 0 fully saturated rings. The maximum absolute atomic E-state index is 8.74. The Morgan fingerprint density at radius 2 is 1.12 bits per heavy atom. The molecule has 0 spiro atoms. The second-order valence-electron chi connectivity index (χ2n) is 0.448. The first kappa shape index (κ1) is 15.8. The molecule has 6 heteroatoms. The third-order valence-electron chi connectivity index (χ3n) is 0. The van der Waals surface area contributed by atoms with Crippen LogP contribution in [-0.4, -0.2) is 17.5 Å². The summed E-state index contributed by atoms with van der Waals surface area (Å²) in [6.45, 7) is 4.00. The average Bonchev–Trinajstić information content (AvgIpc) is 1.36. The molecule has 0 aromatic carbocycles. The third kappa shape index (κ3) is 1220. The first-order chi connectivity index (χ1) is 3.00. The van der Waals surface area contributed by atoms with Crippen LogP contribution in [0.1, 0.15) is 13.8 Å². The molecule has 0 rings (SSSR count). The molecule has 0 bridgehead atoms. The Bertz CT molecular complexity index is 97.2. The summed E-state index contributed by atoms with van der Waals surface area (Å²) in [6, 6.07) is 0. The molecular weight excluding hydrogens is 184 g/mol. The van der Waals surface area contributed by atoms with Gasteiger partial charge in [-0.25, -0.2) is 0 Å². The van der Waals surface area contributed by atoms with Gasteiger partial charge in [0.25, 0.3) is 0 Å². The van der Waals surface area contributed by atoms with Gasteiger partial charge in [-0.2, -0.15) is 8.42 Å². The van der Waals surface area contributed by atoms with Crippen LogP contribution in [0.5, 0.6) is 0 Å². The van der Waals surface area contributed by atoms with Crippen LogP contribution in [0.3, 0.4) is 0 Å². The fourth-order valence-corrected chi connectivity index (χ4v) is 0. The van der Waals surface area contributed by atoms with E-state index in [0.29, 0.717) is 0 Å². The topological polar surface area (TPSA) is 74.6 Å². The summed E-state index contributed by atoms with van der Waals surface area (Å²) in [5, 5.41) is 0. The van der Waals surface area contributed by atoms with Crippen molar-refractivity contribution in [3.05, 3.63) is 0 Å². The maximum Gasteiger partial charge on any atom is 0.394 e. The van der Waals surface area contributed by atoms with Crippen LogP contribution in [0.25, 0.3) is 0 Å². The molecule has 0 aliphatic carbocycles. The smallest absolute Gasteiger partial charge is 0.264 e. The van der Waals surface area contributed by atoms with E-state index in [1.807, 2.05) is 13.8 Å². The van der Waals surface area contributed by atoms with Crippen molar-refractivity contribution in [2.45, 2.75) is 13.8 Å². The van der Waals surface area contributed by atoms with Crippen molar-refractivity contribution in [1.82, 2.24) is 0 Å². The first-order valence-corrected chi connectivity index (χ1v) is 3.10. The van der Waals surface area contributed by atoms with Gasteiger partial charge in [-0.1, -0.05) is 13.8 Å². The Morgan fingerprint density at radius 1 is 1.12 bits per heavy atom. The fraction of sp³-hybridized carbons (Fsp3) is 1.00. The summed E-state index contributed by atoms with van der Waals surface area (Å²) >= 11 is 0. The fourth-order valence-electron chi connectivity index (χ4n) is 0. The first-order valence-electron chi connectivity index (χ1n) is 1.70. The molecule has 0 unspecified atom stereocenters. The van der Waals surface area contributed by atoms with Crippen LogP contribution in [0.15, 0.2) is 0 Å². The molecule has 1 radical (unpaired) electrons. The Balaban J connectivity index is -0.0000000750. The largest absolute Gasteiger partial charge is 0.394 e. The number of hydrogen-bond donors (Lipinski definition) is 2. The monoisotopic (exact) mass is 191 g/mol. The molecule has 8 heavy (non-hydrogen) atoms. The molecule has 57 valence electrons. The van der Waals surface area contributed by atoms with Crippen LogP contribution in [0.4, 0.5) is 0 Å². The molecule has 0 saturated heterocycles. The minimum atomic E-state index is -4.67. The molecule has 2 N–H and O–H groups in total. The van der Waals surface area contributed by atoms with Gasteiger partial charge in [0.1, 0.15) is 0 Å². The predicted octanol–water partition coefficient (Wildman–Crippen LogP) is 0.371. The van der Waals surface area contributed by atoms with Crippen LogP contribution < -0.4 is 0 Å². The number of rotatable bonds is 0.